The second-order valence-electron chi connectivity index (χ2n) is 6.32. The molecule has 0 aliphatic carbocycles. The zero-order chi connectivity index (χ0) is 19.3. The number of hydrogen-bond donors (Lipinski definition) is 3. The molecule has 0 bridgehead atoms. The van der Waals surface area contributed by atoms with Crippen LogP contribution in [0.25, 0.3) is 0 Å². The average Bonchev–Trinajstić information content (AvgIpc) is 2.99. The Labute approximate surface area is 157 Å². The number of carbonyl (C=O) groups excluding carboxylic acids is 2. The first kappa shape index (κ1) is 18.8. The summed E-state index contributed by atoms with van der Waals surface area (Å²) >= 11 is 0. The van der Waals surface area contributed by atoms with Gasteiger partial charge in [0.2, 0.25) is 0 Å². The van der Waals surface area contributed by atoms with Crippen LogP contribution in [0.15, 0.2) is 48.8 Å². The molecule has 0 saturated carbocycles. The molecule has 8 nitrogen and oxygen atoms in total. The van der Waals surface area contributed by atoms with Crippen LogP contribution in [0.2, 0.25) is 0 Å². The monoisotopic (exact) mass is 388 g/mol. The minimum atomic E-state index is -3.06. The maximum Gasteiger partial charge on any atom is 0.319 e. The molecule has 1 aromatic heterocycles. The molecule has 27 heavy (non-hydrogen) atoms. The summed E-state index contributed by atoms with van der Waals surface area (Å²) < 4.78 is 22.9. The van der Waals surface area contributed by atoms with Gasteiger partial charge in [0.1, 0.15) is 0 Å². The van der Waals surface area contributed by atoms with E-state index >= 15 is 0 Å². The van der Waals surface area contributed by atoms with Gasteiger partial charge in [-0.25, -0.2) is 13.2 Å². The van der Waals surface area contributed by atoms with Crippen molar-refractivity contribution in [2.45, 2.75) is 19.0 Å². The maximum absolute atomic E-state index is 12.3. The van der Waals surface area contributed by atoms with Crippen molar-refractivity contribution in [2.75, 3.05) is 16.8 Å². The molecule has 3 amide bonds. The van der Waals surface area contributed by atoms with Crippen LogP contribution in [0.3, 0.4) is 0 Å². The summed E-state index contributed by atoms with van der Waals surface area (Å²) in [6.07, 6.45) is 3.74. The third kappa shape index (κ3) is 5.52. The van der Waals surface area contributed by atoms with Crippen molar-refractivity contribution < 1.29 is 18.0 Å². The largest absolute Gasteiger partial charge is 0.348 e. The summed E-state index contributed by atoms with van der Waals surface area (Å²) in [6, 6.07) is 9.29. The van der Waals surface area contributed by atoms with Gasteiger partial charge in [-0.15, -0.1) is 0 Å². The number of amides is 3. The van der Waals surface area contributed by atoms with Crippen LogP contribution in [-0.2, 0) is 16.4 Å². The molecule has 1 aliphatic rings. The highest BCUT2D eigenvalue weighted by Crippen LogP contribution is 2.13. The lowest BCUT2D eigenvalue weighted by molar-refractivity contribution is 0.0951. The quantitative estimate of drug-likeness (QED) is 0.714. The Kier molecular flexibility index (Phi) is 5.70. The molecule has 1 aromatic carbocycles. The summed E-state index contributed by atoms with van der Waals surface area (Å²) in [6.45, 7) is 0.348. The molecular weight excluding hydrogens is 368 g/mol. The Bertz CT molecular complexity index is 931. The van der Waals surface area contributed by atoms with Crippen LogP contribution < -0.4 is 16.0 Å². The zero-order valence-electron chi connectivity index (χ0n) is 14.5. The van der Waals surface area contributed by atoms with Crippen molar-refractivity contribution in [1.29, 1.82) is 0 Å². The number of nitrogens with zero attached hydrogens (tertiary/aromatic N) is 1. The van der Waals surface area contributed by atoms with E-state index in [-0.39, 0.29) is 23.5 Å². The lowest BCUT2D eigenvalue weighted by atomic mass is 10.2. The smallest absolute Gasteiger partial charge is 0.319 e. The molecule has 1 atom stereocenters. The summed E-state index contributed by atoms with van der Waals surface area (Å²) in [4.78, 5) is 28.3. The highest BCUT2D eigenvalue weighted by Gasteiger charge is 2.28. The highest BCUT2D eigenvalue weighted by molar-refractivity contribution is 7.91. The van der Waals surface area contributed by atoms with Crippen molar-refractivity contribution in [3.63, 3.8) is 0 Å². The topological polar surface area (TPSA) is 117 Å². The number of sulfone groups is 1. The summed E-state index contributed by atoms with van der Waals surface area (Å²) in [5.74, 6) is -0.230. The van der Waals surface area contributed by atoms with E-state index in [1.807, 2.05) is 6.07 Å². The molecule has 1 aliphatic heterocycles. The van der Waals surface area contributed by atoms with E-state index in [9.17, 15) is 18.0 Å². The van der Waals surface area contributed by atoms with Crippen LogP contribution in [0.4, 0.5) is 10.5 Å². The number of hydrogen-bond acceptors (Lipinski definition) is 5. The van der Waals surface area contributed by atoms with Crippen molar-refractivity contribution in [3.8, 4) is 0 Å². The average molecular weight is 388 g/mol. The number of carbonyl (C=O) groups is 2. The number of urea groups is 1. The standard InChI is InChI=1S/C18H20N4O4S/c23-17(20-11-13-3-2-7-19-10-13)14-4-1-5-15(9-14)21-18(24)22-16-6-8-27(25,26)12-16/h1-5,7,9-10,16H,6,8,11-12H2,(H,20,23)(H2,21,22,24)/t16-/m0/s1. The minimum absolute atomic E-state index is 0.0444. The Morgan fingerprint density at radius 1 is 1.19 bits per heavy atom. The van der Waals surface area contributed by atoms with Crippen LogP contribution in [0.1, 0.15) is 22.3 Å². The van der Waals surface area contributed by atoms with Gasteiger partial charge in [-0.3, -0.25) is 9.78 Å². The lowest BCUT2D eigenvalue weighted by Crippen LogP contribution is -2.38. The molecule has 1 saturated heterocycles. The first-order valence-corrected chi connectivity index (χ1v) is 10.3. The van der Waals surface area contributed by atoms with Crippen LogP contribution in [-0.4, -0.2) is 42.9 Å². The predicted octanol–water partition coefficient (Wildman–Crippen LogP) is 1.32. The van der Waals surface area contributed by atoms with Crippen LogP contribution in [0.5, 0.6) is 0 Å². The van der Waals surface area contributed by atoms with E-state index in [1.54, 1.807) is 42.7 Å². The molecular formula is C18H20N4O4S. The van der Waals surface area contributed by atoms with Gasteiger partial charge in [0.25, 0.3) is 5.91 Å². The molecule has 142 valence electrons. The fraction of sp³-hybridized carbons (Fsp3) is 0.278. The van der Waals surface area contributed by atoms with Gasteiger partial charge in [-0.2, -0.15) is 0 Å². The normalized spacial score (nSPS) is 17.9. The number of nitrogens with one attached hydrogen (secondary N) is 3. The van der Waals surface area contributed by atoms with Gasteiger partial charge in [-0.05, 0) is 36.2 Å². The van der Waals surface area contributed by atoms with E-state index in [4.69, 9.17) is 0 Å². The molecule has 3 N–H and O–H groups in total. The van der Waals surface area contributed by atoms with Gasteiger partial charge in [0.05, 0.1) is 11.5 Å². The molecule has 3 rings (SSSR count). The summed E-state index contributed by atoms with van der Waals surface area (Å²) in [5, 5.41) is 8.06. The number of pyridine rings is 1. The summed E-state index contributed by atoms with van der Waals surface area (Å²) in [7, 11) is -3.06. The van der Waals surface area contributed by atoms with E-state index in [2.05, 4.69) is 20.9 Å². The molecule has 0 unspecified atom stereocenters. The lowest BCUT2D eigenvalue weighted by Gasteiger charge is -2.12. The number of aromatic nitrogens is 1. The fourth-order valence-electron chi connectivity index (χ4n) is 2.79. The molecule has 1 fully saturated rings. The first-order valence-electron chi connectivity index (χ1n) is 8.46. The zero-order valence-corrected chi connectivity index (χ0v) is 15.3. The SMILES string of the molecule is O=C(Nc1cccc(C(=O)NCc2cccnc2)c1)N[C@H]1CCS(=O)(=O)C1. The second kappa shape index (κ2) is 8.17. The molecule has 2 aromatic rings. The van der Waals surface area contributed by atoms with Crippen molar-refractivity contribution >= 4 is 27.5 Å². The van der Waals surface area contributed by atoms with Gasteiger partial charge in [-0.1, -0.05) is 12.1 Å². The van der Waals surface area contributed by atoms with Gasteiger partial charge >= 0.3 is 6.03 Å². The van der Waals surface area contributed by atoms with Gasteiger partial charge in [0, 0.05) is 36.2 Å². The van der Waals surface area contributed by atoms with Crippen molar-refractivity contribution in [3.05, 3.63) is 59.9 Å². The van der Waals surface area contributed by atoms with E-state index in [0.717, 1.165) is 5.56 Å². The van der Waals surface area contributed by atoms with Crippen molar-refractivity contribution in [1.82, 2.24) is 15.6 Å². The summed E-state index contributed by atoms with van der Waals surface area (Å²) in [5.41, 5.74) is 1.73. The Morgan fingerprint density at radius 3 is 2.74 bits per heavy atom. The minimum Gasteiger partial charge on any atom is -0.348 e. The first-order chi connectivity index (χ1) is 12.9. The molecule has 0 radical (unpaired) electrons. The number of benzene rings is 1. The molecule has 0 spiro atoms. The van der Waals surface area contributed by atoms with Gasteiger partial charge in [0.15, 0.2) is 9.84 Å². The Morgan fingerprint density at radius 2 is 2.04 bits per heavy atom. The second-order valence-corrected chi connectivity index (χ2v) is 8.55. The maximum atomic E-state index is 12.3. The molecule has 2 heterocycles. The van der Waals surface area contributed by atoms with Crippen molar-refractivity contribution in [2.24, 2.45) is 0 Å². The molecule has 9 heteroatoms. The third-order valence-corrected chi connectivity index (χ3v) is 5.89. The highest BCUT2D eigenvalue weighted by atomic mass is 32.2. The van der Waals surface area contributed by atoms with Crippen LogP contribution >= 0.6 is 0 Å². The van der Waals surface area contributed by atoms with E-state index < -0.39 is 15.9 Å². The van der Waals surface area contributed by atoms with E-state index in [0.29, 0.717) is 24.2 Å². The fourth-order valence-corrected chi connectivity index (χ4v) is 4.46. The number of rotatable bonds is 5. The Balaban J connectivity index is 1.55. The Hall–Kier alpha value is -2.94. The number of anilines is 1. The van der Waals surface area contributed by atoms with E-state index in [1.165, 1.54) is 0 Å². The third-order valence-electron chi connectivity index (χ3n) is 4.13. The van der Waals surface area contributed by atoms with Gasteiger partial charge < -0.3 is 16.0 Å². The predicted molar refractivity (Wildman–Crippen MR) is 101 cm³/mol. The van der Waals surface area contributed by atoms with Crippen LogP contribution in [0, 0.1) is 0 Å².